The lowest BCUT2D eigenvalue weighted by Crippen LogP contribution is -2.04. The molecule has 14 heavy (non-hydrogen) atoms. The number of nitrogen functional groups attached to an aromatic ring is 1. The van der Waals surface area contributed by atoms with E-state index in [9.17, 15) is 8.78 Å². The normalized spacial score (nSPS) is 10.2. The second-order valence-electron chi connectivity index (χ2n) is 2.54. The third-order valence-corrected chi connectivity index (χ3v) is 1.65. The molecule has 0 saturated heterocycles. The van der Waals surface area contributed by atoms with E-state index in [-0.39, 0.29) is 16.9 Å². The number of aliphatic hydroxyl groups is 1. The van der Waals surface area contributed by atoms with Gasteiger partial charge in [-0.15, -0.1) is 0 Å². The van der Waals surface area contributed by atoms with Crippen molar-refractivity contribution in [1.29, 1.82) is 5.26 Å². The van der Waals surface area contributed by atoms with E-state index in [1.807, 2.05) is 0 Å². The van der Waals surface area contributed by atoms with Gasteiger partial charge in [0.05, 0.1) is 12.2 Å². The van der Waals surface area contributed by atoms with E-state index in [0.717, 1.165) is 6.07 Å². The minimum Gasteiger partial charge on any atom is -0.392 e. The summed E-state index contributed by atoms with van der Waals surface area (Å²) in [6.45, 7) is -0.519. The highest BCUT2D eigenvalue weighted by Crippen LogP contribution is 2.22. The minimum atomic E-state index is -2.77. The number of anilines is 1. The summed E-state index contributed by atoms with van der Waals surface area (Å²) in [5.74, 6) is -0.283. The summed E-state index contributed by atoms with van der Waals surface area (Å²) in [5.41, 5.74) is 4.74. The fraction of sp³-hybridized carbons (Fsp3) is 0.250. The highest BCUT2D eigenvalue weighted by molar-refractivity contribution is 5.53. The van der Waals surface area contributed by atoms with Crippen LogP contribution in [0.1, 0.15) is 23.2 Å². The van der Waals surface area contributed by atoms with Crippen LogP contribution in [-0.4, -0.2) is 10.1 Å². The molecule has 0 amide bonds. The lowest BCUT2D eigenvalue weighted by Gasteiger charge is -2.06. The van der Waals surface area contributed by atoms with Crippen LogP contribution in [0.25, 0.3) is 0 Å². The molecule has 0 bridgehead atoms. The molecule has 1 aromatic rings. The van der Waals surface area contributed by atoms with Crippen LogP contribution in [0.5, 0.6) is 0 Å². The molecule has 1 aromatic heterocycles. The van der Waals surface area contributed by atoms with Gasteiger partial charge < -0.3 is 10.8 Å². The van der Waals surface area contributed by atoms with Gasteiger partial charge >= 0.3 is 0 Å². The monoisotopic (exact) mass is 199 g/mol. The smallest absolute Gasteiger partial charge is 0.280 e. The number of hydrogen-bond acceptors (Lipinski definition) is 4. The van der Waals surface area contributed by atoms with E-state index < -0.39 is 18.7 Å². The molecule has 0 aliphatic rings. The Labute approximate surface area is 78.6 Å². The van der Waals surface area contributed by atoms with Crippen LogP contribution < -0.4 is 5.73 Å². The number of halogens is 2. The number of nitrogens with zero attached hydrogens (tertiary/aromatic N) is 2. The summed E-state index contributed by atoms with van der Waals surface area (Å²) in [7, 11) is 0. The van der Waals surface area contributed by atoms with Gasteiger partial charge in [-0.3, -0.25) is 0 Å². The van der Waals surface area contributed by atoms with Crippen molar-refractivity contribution in [1.82, 2.24) is 4.98 Å². The van der Waals surface area contributed by atoms with Crippen molar-refractivity contribution in [2.45, 2.75) is 13.0 Å². The average molecular weight is 199 g/mol. The average Bonchev–Trinajstić information content (AvgIpc) is 2.16. The number of pyridine rings is 1. The molecule has 0 aliphatic heterocycles. The standard InChI is InChI=1S/C8H7F2N3O/c9-7(10)6-1-4(3-14)5(2-11)8(12)13-6/h1,7,14H,3H2,(H2,12,13). The van der Waals surface area contributed by atoms with Crippen LogP contribution in [0.3, 0.4) is 0 Å². The summed E-state index contributed by atoms with van der Waals surface area (Å²) in [4.78, 5) is 3.35. The molecule has 1 rings (SSSR count). The number of nitriles is 1. The summed E-state index contributed by atoms with van der Waals surface area (Å²) < 4.78 is 24.4. The highest BCUT2D eigenvalue weighted by Gasteiger charge is 2.15. The van der Waals surface area contributed by atoms with E-state index >= 15 is 0 Å². The largest absolute Gasteiger partial charge is 0.392 e. The summed E-state index contributed by atoms with van der Waals surface area (Å²) >= 11 is 0. The zero-order chi connectivity index (χ0) is 10.7. The fourth-order valence-corrected chi connectivity index (χ4v) is 1.01. The van der Waals surface area contributed by atoms with Crippen LogP contribution in [0, 0.1) is 11.3 Å². The molecule has 74 valence electrons. The van der Waals surface area contributed by atoms with Crippen molar-refractivity contribution in [2.24, 2.45) is 0 Å². The second kappa shape index (κ2) is 3.98. The van der Waals surface area contributed by atoms with Crippen molar-refractivity contribution in [3.8, 4) is 6.07 Å². The van der Waals surface area contributed by atoms with Crippen LogP contribution in [0.2, 0.25) is 0 Å². The van der Waals surface area contributed by atoms with Crippen LogP contribution in [-0.2, 0) is 6.61 Å². The molecule has 1 heterocycles. The maximum Gasteiger partial charge on any atom is 0.280 e. The number of alkyl halides is 2. The van der Waals surface area contributed by atoms with Crippen molar-refractivity contribution in [3.05, 3.63) is 22.9 Å². The molecule has 0 aliphatic carbocycles. The number of rotatable bonds is 2. The second-order valence-corrected chi connectivity index (χ2v) is 2.54. The first kappa shape index (κ1) is 10.3. The van der Waals surface area contributed by atoms with Gasteiger partial charge in [-0.05, 0) is 6.07 Å². The van der Waals surface area contributed by atoms with Gasteiger partial charge in [-0.1, -0.05) is 0 Å². The molecular weight excluding hydrogens is 192 g/mol. The number of aliphatic hydroxyl groups excluding tert-OH is 1. The van der Waals surface area contributed by atoms with E-state index in [1.165, 1.54) is 0 Å². The molecule has 0 spiro atoms. The maximum absolute atomic E-state index is 12.2. The zero-order valence-corrected chi connectivity index (χ0v) is 7.04. The Hall–Kier alpha value is -1.74. The predicted molar refractivity (Wildman–Crippen MR) is 44.2 cm³/mol. The Morgan fingerprint density at radius 3 is 2.71 bits per heavy atom. The Morgan fingerprint density at radius 1 is 1.64 bits per heavy atom. The topological polar surface area (TPSA) is 82.9 Å². The zero-order valence-electron chi connectivity index (χ0n) is 7.04. The summed E-state index contributed by atoms with van der Waals surface area (Å²) in [5, 5.41) is 17.4. The van der Waals surface area contributed by atoms with E-state index in [4.69, 9.17) is 16.1 Å². The third-order valence-electron chi connectivity index (χ3n) is 1.65. The van der Waals surface area contributed by atoms with Gasteiger partial charge in [0.15, 0.2) is 0 Å². The molecular formula is C8H7F2N3O. The molecule has 0 unspecified atom stereocenters. The van der Waals surface area contributed by atoms with E-state index in [0.29, 0.717) is 0 Å². The molecule has 0 radical (unpaired) electrons. The van der Waals surface area contributed by atoms with Gasteiger partial charge in [-0.2, -0.15) is 5.26 Å². The predicted octanol–water partition coefficient (Wildman–Crippen LogP) is 0.965. The summed E-state index contributed by atoms with van der Waals surface area (Å²) in [6, 6.07) is 2.66. The lowest BCUT2D eigenvalue weighted by molar-refractivity contribution is 0.146. The molecule has 0 aromatic carbocycles. The first-order chi connectivity index (χ1) is 6.60. The van der Waals surface area contributed by atoms with Crippen molar-refractivity contribution in [3.63, 3.8) is 0 Å². The third kappa shape index (κ3) is 1.78. The van der Waals surface area contributed by atoms with Crippen LogP contribution in [0.15, 0.2) is 6.07 Å². The van der Waals surface area contributed by atoms with Gasteiger partial charge in [0.2, 0.25) is 0 Å². The van der Waals surface area contributed by atoms with E-state index in [2.05, 4.69) is 4.98 Å². The lowest BCUT2D eigenvalue weighted by atomic mass is 10.1. The first-order valence-corrected chi connectivity index (χ1v) is 3.68. The van der Waals surface area contributed by atoms with E-state index in [1.54, 1.807) is 6.07 Å². The Balaban J connectivity index is 3.33. The van der Waals surface area contributed by atoms with Gasteiger partial charge in [0.25, 0.3) is 6.43 Å². The summed E-state index contributed by atoms with van der Waals surface area (Å²) in [6.07, 6.45) is -2.77. The minimum absolute atomic E-state index is 0.0584. The highest BCUT2D eigenvalue weighted by atomic mass is 19.3. The maximum atomic E-state index is 12.2. The van der Waals surface area contributed by atoms with Gasteiger partial charge in [0, 0.05) is 5.56 Å². The SMILES string of the molecule is N#Cc1c(CO)cc(C(F)F)nc1N. The van der Waals surface area contributed by atoms with Crippen molar-refractivity contribution < 1.29 is 13.9 Å². The Bertz CT molecular complexity index is 387. The van der Waals surface area contributed by atoms with Crippen molar-refractivity contribution in [2.75, 3.05) is 5.73 Å². The van der Waals surface area contributed by atoms with Crippen molar-refractivity contribution >= 4 is 5.82 Å². The molecule has 0 fully saturated rings. The van der Waals surface area contributed by atoms with Gasteiger partial charge in [-0.25, -0.2) is 13.8 Å². The molecule has 3 N–H and O–H groups in total. The Morgan fingerprint density at radius 2 is 2.29 bits per heavy atom. The fourth-order valence-electron chi connectivity index (χ4n) is 1.01. The Kier molecular flexibility index (Phi) is 2.94. The number of nitrogens with two attached hydrogens (primary N) is 1. The molecule has 0 atom stereocenters. The molecule has 0 saturated carbocycles. The first-order valence-electron chi connectivity index (χ1n) is 3.68. The quantitative estimate of drug-likeness (QED) is 0.743. The van der Waals surface area contributed by atoms with Crippen LogP contribution in [0.4, 0.5) is 14.6 Å². The number of aromatic nitrogens is 1. The van der Waals surface area contributed by atoms with Crippen LogP contribution >= 0.6 is 0 Å². The van der Waals surface area contributed by atoms with Gasteiger partial charge in [0.1, 0.15) is 17.6 Å². The number of hydrogen-bond donors (Lipinski definition) is 2. The molecule has 4 nitrogen and oxygen atoms in total. The molecule has 6 heteroatoms.